The average molecular weight is 357 g/mol. The van der Waals surface area contributed by atoms with Gasteiger partial charge in [-0.2, -0.15) is 0 Å². The minimum atomic E-state index is -1.84. The standard InChI is InChI=1S/C17H32N2O4Si/c1-12-13(11-21-24(8,9)17(5,6)7)22-14(19-12)10-18-15(20)23-16(2,3)4/h10-11H2,1-9H3,(H,18,20). The van der Waals surface area contributed by atoms with Crippen molar-refractivity contribution in [1.82, 2.24) is 10.3 Å². The number of alkyl carbamates (subject to hydrolysis) is 1. The molecule has 0 atom stereocenters. The number of aromatic nitrogens is 1. The van der Waals surface area contributed by atoms with E-state index in [1.54, 1.807) is 0 Å². The Kier molecular flexibility index (Phi) is 6.27. The molecule has 1 amide bonds. The molecule has 0 fully saturated rings. The number of hydrogen-bond acceptors (Lipinski definition) is 5. The largest absolute Gasteiger partial charge is 0.444 e. The molecule has 0 radical (unpaired) electrons. The lowest BCUT2D eigenvalue weighted by Gasteiger charge is -2.35. The van der Waals surface area contributed by atoms with Crippen molar-refractivity contribution in [3.63, 3.8) is 0 Å². The highest BCUT2D eigenvalue weighted by Crippen LogP contribution is 2.37. The molecular weight excluding hydrogens is 324 g/mol. The zero-order valence-corrected chi connectivity index (χ0v) is 17.5. The topological polar surface area (TPSA) is 73.6 Å². The van der Waals surface area contributed by atoms with Crippen LogP contribution in [0, 0.1) is 6.92 Å². The number of carbonyl (C=O) groups is 1. The van der Waals surface area contributed by atoms with Gasteiger partial charge in [-0.15, -0.1) is 0 Å². The molecular formula is C17H32N2O4Si. The minimum absolute atomic E-state index is 0.141. The highest BCUT2D eigenvalue weighted by molar-refractivity contribution is 6.74. The van der Waals surface area contributed by atoms with Gasteiger partial charge in [0.05, 0.1) is 18.8 Å². The molecule has 0 saturated heterocycles. The van der Waals surface area contributed by atoms with Gasteiger partial charge in [-0.25, -0.2) is 9.78 Å². The lowest BCUT2D eigenvalue weighted by atomic mass is 10.2. The lowest BCUT2D eigenvalue weighted by Crippen LogP contribution is -2.40. The summed E-state index contributed by atoms with van der Waals surface area (Å²) in [5.74, 6) is 1.16. The van der Waals surface area contributed by atoms with Crippen LogP contribution in [0.4, 0.5) is 4.79 Å². The first-order chi connectivity index (χ1) is 10.7. The fourth-order valence-corrected chi connectivity index (χ4v) is 2.55. The van der Waals surface area contributed by atoms with Gasteiger partial charge in [0.25, 0.3) is 0 Å². The predicted molar refractivity (Wildman–Crippen MR) is 96.3 cm³/mol. The van der Waals surface area contributed by atoms with Crippen molar-refractivity contribution in [3.8, 4) is 0 Å². The van der Waals surface area contributed by atoms with E-state index in [-0.39, 0.29) is 11.6 Å². The molecule has 1 aromatic rings. The summed E-state index contributed by atoms with van der Waals surface area (Å²) in [7, 11) is -1.84. The third-order valence-corrected chi connectivity index (χ3v) is 8.57. The Morgan fingerprint density at radius 2 is 1.79 bits per heavy atom. The SMILES string of the molecule is Cc1nc(CNC(=O)OC(C)(C)C)oc1CO[Si](C)(C)C(C)(C)C. The fraction of sp³-hybridized carbons (Fsp3) is 0.765. The Hall–Kier alpha value is -1.34. The summed E-state index contributed by atoms with van der Waals surface area (Å²) in [5, 5.41) is 2.78. The van der Waals surface area contributed by atoms with E-state index in [9.17, 15) is 4.79 Å². The van der Waals surface area contributed by atoms with E-state index in [1.165, 1.54) is 0 Å². The quantitative estimate of drug-likeness (QED) is 0.785. The molecule has 1 heterocycles. The van der Waals surface area contributed by atoms with E-state index in [0.717, 1.165) is 5.69 Å². The first-order valence-electron chi connectivity index (χ1n) is 8.27. The first kappa shape index (κ1) is 20.7. The molecule has 0 aromatic carbocycles. The zero-order valence-electron chi connectivity index (χ0n) is 16.5. The van der Waals surface area contributed by atoms with Crippen LogP contribution in [0.25, 0.3) is 0 Å². The highest BCUT2D eigenvalue weighted by atomic mass is 28.4. The van der Waals surface area contributed by atoms with Gasteiger partial charge < -0.3 is 18.9 Å². The van der Waals surface area contributed by atoms with E-state index < -0.39 is 20.0 Å². The van der Waals surface area contributed by atoms with Crippen molar-refractivity contribution >= 4 is 14.4 Å². The van der Waals surface area contributed by atoms with Crippen LogP contribution in [-0.2, 0) is 22.3 Å². The number of rotatable bonds is 5. The summed E-state index contributed by atoms with van der Waals surface area (Å²) in [6.07, 6.45) is -0.488. The molecule has 0 aliphatic heterocycles. The van der Waals surface area contributed by atoms with Gasteiger partial charge >= 0.3 is 6.09 Å². The lowest BCUT2D eigenvalue weighted by molar-refractivity contribution is 0.0518. The van der Waals surface area contributed by atoms with Crippen molar-refractivity contribution in [2.45, 2.75) is 85.4 Å². The molecule has 24 heavy (non-hydrogen) atoms. The van der Waals surface area contributed by atoms with Crippen LogP contribution in [0.3, 0.4) is 0 Å². The molecule has 0 aliphatic carbocycles. The number of ether oxygens (including phenoxy) is 1. The van der Waals surface area contributed by atoms with Crippen molar-refractivity contribution in [2.75, 3.05) is 0 Å². The van der Waals surface area contributed by atoms with Crippen LogP contribution >= 0.6 is 0 Å². The third-order valence-electron chi connectivity index (χ3n) is 4.09. The molecule has 6 nitrogen and oxygen atoms in total. The normalized spacial score (nSPS) is 13.0. The number of nitrogens with one attached hydrogen (secondary N) is 1. The van der Waals surface area contributed by atoms with Crippen LogP contribution in [0.5, 0.6) is 0 Å². The van der Waals surface area contributed by atoms with Crippen molar-refractivity contribution < 1.29 is 18.4 Å². The number of amides is 1. The van der Waals surface area contributed by atoms with Crippen LogP contribution in [0.2, 0.25) is 18.1 Å². The second kappa shape index (κ2) is 7.27. The van der Waals surface area contributed by atoms with Gasteiger partial charge in [0.15, 0.2) is 14.1 Å². The van der Waals surface area contributed by atoms with E-state index in [4.69, 9.17) is 13.6 Å². The van der Waals surface area contributed by atoms with Crippen LogP contribution in [0.15, 0.2) is 4.42 Å². The smallest absolute Gasteiger partial charge is 0.408 e. The van der Waals surface area contributed by atoms with Crippen LogP contribution in [-0.4, -0.2) is 25.0 Å². The van der Waals surface area contributed by atoms with Gasteiger partial charge in [0, 0.05) is 0 Å². The fourth-order valence-electron chi connectivity index (χ4n) is 1.62. The number of nitrogens with zero attached hydrogens (tertiary/aromatic N) is 1. The van der Waals surface area contributed by atoms with Gasteiger partial charge in [0.1, 0.15) is 5.60 Å². The maximum Gasteiger partial charge on any atom is 0.408 e. The van der Waals surface area contributed by atoms with Crippen LogP contribution in [0.1, 0.15) is 58.9 Å². The molecule has 1 rings (SSSR count). The van der Waals surface area contributed by atoms with Crippen molar-refractivity contribution in [1.29, 1.82) is 0 Å². The Morgan fingerprint density at radius 3 is 2.29 bits per heavy atom. The molecule has 138 valence electrons. The van der Waals surface area contributed by atoms with Gasteiger partial charge in [-0.1, -0.05) is 20.8 Å². The second-order valence-electron chi connectivity index (χ2n) is 8.52. The van der Waals surface area contributed by atoms with Gasteiger partial charge in [-0.05, 0) is 45.8 Å². The number of oxazole rings is 1. The average Bonchev–Trinajstić information content (AvgIpc) is 2.71. The monoisotopic (exact) mass is 356 g/mol. The molecule has 0 bridgehead atoms. The molecule has 0 saturated carbocycles. The zero-order chi connectivity index (χ0) is 18.8. The summed E-state index contributed by atoms with van der Waals surface area (Å²) in [6.45, 7) is 18.9. The third kappa shape index (κ3) is 6.28. The maximum atomic E-state index is 11.7. The summed E-state index contributed by atoms with van der Waals surface area (Å²) >= 11 is 0. The Bertz CT molecular complexity index is 568. The second-order valence-corrected chi connectivity index (χ2v) is 13.3. The summed E-state index contributed by atoms with van der Waals surface area (Å²) < 4.78 is 17.1. The highest BCUT2D eigenvalue weighted by Gasteiger charge is 2.37. The van der Waals surface area contributed by atoms with E-state index >= 15 is 0 Å². The molecule has 1 N–H and O–H groups in total. The van der Waals surface area contributed by atoms with Gasteiger partial charge in [-0.3, -0.25) is 0 Å². The number of hydrogen-bond donors (Lipinski definition) is 1. The van der Waals surface area contributed by atoms with E-state index in [1.807, 2.05) is 27.7 Å². The van der Waals surface area contributed by atoms with E-state index in [2.05, 4.69) is 44.2 Å². The Labute approximate surface area is 146 Å². The minimum Gasteiger partial charge on any atom is -0.444 e. The van der Waals surface area contributed by atoms with Crippen molar-refractivity contribution in [2.24, 2.45) is 0 Å². The number of aryl methyl sites for hydroxylation is 1. The Balaban J connectivity index is 2.61. The summed E-state index contributed by atoms with van der Waals surface area (Å²) in [5.41, 5.74) is 0.258. The molecule has 0 aliphatic rings. The molecule has 7 heteroatoms. The predicted octanol–water partition coefficient (Wildman–Crippen LogP) is 4.53. The molecule has 1 aromatic heterocycles. The summed E-state index contributed by atoms with van der Waals surface area (Å²) in [4.78, 5) is 16.0. The maximum absolute atomic E-state index is 11.7. The first-order valence-corrected chi connectivity index (χ1v) is 11.2. The molecule has 0 unspecified atom stereocenters. The van der Waals surface area contributed by atoms with E-state index in [0.29, 0.717) is 18.3 Å². The van der Waals surface area contributed by atoms with Crippen molar-refractivity contribution in [3.05, 3.63) is 17.3 Å². The Morgan fingerprint density at radius 1 is 1.21 bits per heavy atom. The van der Waals surface area contributed by atoms with Gasteiger partial charge in [0.2, 0.25) is 5.89 Å². The van der Waals surface area contributed by atoms with Crippen LogP contribution < -0.4 is 5.32 Å². The number of carbonyl (C=O) groups excluding carboxylic acids is 1. The summed E-state index contributed by atoms with van der Waals surface area (Å²) in [6, 6.07) is 0. The molecule has 0 spiro atoms.